The van der Waals surface area contributed by atoms with E-state index in [1.165, 1.54) is 11.1 Å². The maximum atomic E-state index is 12.9. The highest BCUT2D eigenvalue weighted by atomic mass is 16.5. The van der Waals surface area contributed by atoms with Gasteiger partial charge in [-0.3, -0.25) is 4.79 Å². The maximum Gasteiger partial charge on any atom is 0.249 e. The number of nitrogens with zero attached hydrogens (tertiary/aromatic N) is 1. The van der Waals surface area contributed by atoms with E-state index in [1.54, 1.807) is 0 Å². The van der Waals surface area contributed by atoms with E-state index in [0.29, 0.717) is 0 Å². The number of hydrogen-bond acceptors (Lipinski definition) is 2. The van der Waals surface area contributed by atoms with Gasteiger partial charge in [-0.1, -0.05) is 30.3 Å². The lowest BCUT2D eigenvalue weighted by molar-refractivity contribution is -0.386. The van der Waals surface area contributed by atoms with Crippen LogP contribution in [-0.2, 0) is 16.8 Å². The average Bonchev–Trinajstić information content (AvgIpc) is 3.06. The quantitative estimate of drug-likeness (QED) is 0.853. The number of ether oxygens (including phenoxy) is 1. The molecule has 1 fully saturated rings. The van der Waals surface area contributed by atoms with E-state index >= 15 is 0 Å². The van der Waals surface area contributed by atoms with Gasteiger partial charge in [-0.05, 0) is 49.6 Å². The zero-order valence-corrected chi connectivity index (χ0v) is 15.9. The number of likely N-dealkylation sites (tertiary alicyclic amines) is 1. The molecule has 4 rings (SSSR count). The molecule has 27 heavy (non-hydrogen) atoms. The lowest BCUT2D eigenvalue weighted by atomic mass is 9.74. The van der Waals surface area contributed by atoms with Gasteiger partial charge in [0.05, 0.1) is 13.2 Å². The van der Waals surface area contributed by atoms with Crippen molar-refractivity contribution in [3.05, 3.63) is 70.8 Å². The molecule has 0 saturated carbocycles. The standard InChI is InChI=1S/C23H26N2O2/c1-17(13-18-5-3-2-4-6-18)22(26)25-11-9-23(10-12-25)16-27-21-8-7-19(15-24)14-20(21)23/h2-8,13-14H,9-12,15-16,24H2,1H3/p+1. The summed E-state index contributed by atoms with van der Waals surface area (Å²) in [7, 11) is 0. The van der Waals surface area contributed by atoms with E-state index in [0.717, 1.165) is 56.0 Å². The fraction of sp³-hybridized carbons (Fsp3) is 0.348. The van der Waals surface area contributed by atoms with Crippen molar-refractivity contribution in [2.24, 2.45) is 0 Å². The molecule has 1 saturated heterocycles. The second-order valence-electron chi connectivity index (χ2n) is 7.68. The van der Waals surface area contributed by atoms with Crippen molar-refractivity contribution in [1.29, 1.82) is 0 Å². The van der Waals surface area contributed by atoms with Gasteiger partial charge in [-0.15, -0.1) is 0 Å². The SMILES string of the molecule is CC(=Cc1ccccc1)C(=O)N1CCC2(CC1)COc1ccc(C[NH3+])cc12. The first-order valence-electron chi connectivity index (χ1n) is 9.69. The molecule has 1 amide bonds. The molecule has 0 unspecified atom stereocenters. The average molecular weight is 363 g/mol. The van der Waals surface area contributed by atoms with Gasteiger partial charge < -0.3 is 15.4 Å². The second-order valence-corrected chi connectivity index (χ2v) is 7.68. The molecule has 2 aliphatic heterocycles. The summed E-state index contributed by atoms with van der Waals surface area (Å²) < 4.78 is 5.98. The van der Waals surface area contributed by atoms with Gasteiger partial charge in [0.2, 0.25) is 5.91 Å². The largest absolute Gasteiger partial charge is 0.492 e. The van der Waals surface area contributed by atoms with Crippen LogP contribution in [0, 0.1) is 0 Å². The minimum atomic E-state index is 0.0499. The molecule has 0 radical (unpaired) electrons. The van der Waals surface area contributed by atoms with Crippen molar-refractivity contribution < 1.29 is 15.3 Å². The number of carbonyl (C=O) groups is 1. The van der Waals surface area contributed by atoms with Crippen LogP contribution in [0.2, 0.25) is 0 Å². The summed E-state index contributed by atoms with van der Waals surface area (Å²) in [6, 6.07) is 16.4. The van der Waals surface area contributed by atoms with Crippen LogP contribution in [0.1, 0.15) is 36.5 Å². The molecule has 4 nitrogen and oxygen atoms in total. The Morgan fingerprint density at radius 3 is 2.63 bits per heavy atom. The Labute approximate surface area is 160 Å². The first-order valence-corrected chi connectivity index (χ1v) is 9.69. The number of rotatable bonds is 3. The number of piperidine rings is 1. The third kappa shape index (κ3) is 3.37. The highest BCUT2D eigenvalue weighted by molar-refractivity contribution is 5.97. The molecule has 0 bridgehead atoms. The highest BCUT2D eigenvalue weighted by Crippen LogP contribution is 2.45. The molecule has 3 N–H and O–H groups in total. The topological polar surface area (TPSA) is 57.2 Å². The fourth-order valence-corrected chi connectivity index (χ4v) is 4.23. The molecule has 0 aliphatic carbocycles. The molecule has 2 heterocycles. The third-order valence-corrected chi connectivity index (χ3v) is 5.94. The Morgan fingerprint density at radius 2 is 1.93 bits per heavy atom. The molecule has 2 aromatic rings. The smallest absolute Gasteiger partial charge is 0.249 e. The minimum absolute atomic E-state index is 0.0499. The van der Waals surface area contributed by atoms with Gasteiger partial charge in [0, 0.05) is 35.2 Å². The number of benzene rings is 2. The Bertz CT molecular complexity index is 865. The van der Waals surface area contributed by atoms with Gasteiger partial charge in [-0.25, -0.2) is 0 Å². The van der Waals surface area contributed by atoms with Crippen molar-refractivity contribution in [2.45, 2.75) is 31.7 Å². The van der Waals surface area contributed by atoms with E-state index in [4.69, 9.17) is 4.74 Å². The number of hydrogen-bond donors (Lipinski definition) is 1. The first kappa shape index (κ1) is 17.8. The van der Waals surface area contributed by atoms with E-state index in [1.807, 2.05) is 48.2 Å². The van der Waals surface area contributed by atoms with Crippen molar-refractivity contribution in [1.82, 2.24) is 4.90 Å². The van der Waals surface area contributed by atoms with Crippen LogP contribution in [0.15, 0.2) is 54.1 Å². The second kappa shape index (κ2) is 7.20. The number of amides is 1. The first-order chi connectivity index (χ1) is 13.1. The summed E-state index contributed by atoms with van der Waals surface area (Å²) in [4.78, 5) is 14.9. The summed E-state index contributed by atoms with van der Waals surface area (Å²) in [5.41, 5.74) is 8.47. The highest BCUT2D eigenvalue weighted by Gasteiger charge is 2.43. The van der Waals surface area contributed by atoms with Gasteiger partial charge in [0.15, 0.2) is 0 Å². The zero-order chi connectivity index (χ0) is 18.9. The van der Waals surface area contributed by atoms with Crippen LogP contribution >= 0.6 is 0 Å². The maximum absolute atomic E-state index is 12.9. The van der Waals surface area contributed by atoms with Crippen molar-refractivity contribution in [2.75, 3.05) is 19.7 Å². The van der Waals surface area contributed by atoms with Gasteiger partial charge in [0.1, 0.15) is 5.75 Å². The summed E-state index contributed by atoms with van der Waals surface area (Å²) in [5.74, 6) is 1.14. The predicted molar refractivity (Wildman–Crippen MR) is 106 cm³/mol. The summed E-state index contributed by atoms with van der Waals surface area (Å²) in [6.07, 6.45) is 3.87. The van der Waals surface area contributed by atoms with Crippen LogP contribution in [0.5, 0.6) is 5.75 Å². The van der Waals surface area contributed by atoms with Crippen molar-refractivity contribution in [3.8, 4) is 5.75 Å². The summed E-state index contributed by atoms with van der Waals surface area (Å²) >= 11 is 0. The molecular weight excluding hydrogens is 336 g/mol. The molecule has 2 aliphatic rings. The molecule has 4 heteroatoms. The Hall–Kier alpha value is -2.59. The minimum Gasteiger partial charge on any atom is -0.492 e. The number of quaternary nitrogens is 1. The van der Waals surface area contributed by atoms with E-state index in [-0.39, 0.29) is 11.3 Å². The van der Waals surface area contributed by atoms with Gasteiger partial charge in [0.25, 0.3) is 0 Å². The predicted octanol–water partition coefficient (Wildman–Crippen LogP) is 2.78. The lowest BCUT2D eigenvalue weighted by Gasteiger charge is -2.38. The lowest BCUT2D eigenvalue weighted by Crippen LogP contribution is -2.48. The molecule has 0 aromatic heterocycles. The summed E-state index contributed by atoms with van der Waals surface area (Å²) in [5, 5.41) is 0. The van der Waals surface area contributed by atoms with Crippen molar-refractivity contribution in [3.63, 3.8) is 0 Å². The van der Waals surface area contributed by atoms with Crippen LogP contribution in [0.3, 0.4) is 0 Å². The Kier molecular flexibility index (Phi) is 4.75. The Balaban J connectivity index is 1.47. The van der Waals surface area contributed by atoms with Crippen LogP contribution in [0.4, 0.5) is 0 Å². The van der Waals surface area contributed by atoms with Gasteiger partial charge >= 0.3 is 0 Å². The zero-order valence-electron chi connectivity index (χ0n) is 15.9. The van der Waals surface area contributed by atoms with Crippen LogP contribution in [0.25, 0.3) is 6.08 Å². The van der Waals surface area contributed by atoms with Crippen molar-refractivity contribution >= 4 is 12.0 Å². The fourth-order valence-electron chi connectivity index (χ4n) is 4.23. The summed E-state index contributed by atoms with van der Waals surface area (Å²) in [6.45, 7) is 4.97. The Morgan fingerprint density at radius 1 is 1.19 bits per heavy atom. The molecule has 2 aromatic carbocycles. The molecule has 140 valence electrons. The van der Waals surface area contributed by atoms with Gasteiger partial charge in [-0.2, -0.15) is 0 Å². The number of fused-ring (bicyclic) bond motifs is 2. The van der Waals surface area contributed by atoms with E-state index in [2.05, 4.69) is 23.9 Å². The molecular formula is C23H27N2O2+. The van der Waals surface area contributed by atoms with E-state index in [9.17, 15) is 4.79 Å². The van der Waals surface area contributed by atoms with Crippen LogP contribution in [-0.4, -0.2) is 30.5 Å². The molecule has 0 atom stereocenters. The third-order valence-electron chi connectivity index (χ3n) is 5.94. The van der Waals surface area contributed by atoms with E-state index < -0.39 is 0 Å². The molecule has 1 spiro atoms. The number of carbonyl (C=O) groups excluding carboxylic acids is 1. The van der Waals surface area contributed by atoms with Crippen LogP contribution < -0.4 is 10.5 Å². The monoisotopic (exact) mass is 363 g/mol. The normalized spacial score (nSPS) is 18.3.